The number of hydrogen-bond donors (Lipinski definition) is 1. The van der Waals surface area contributed by atoms with Gasteiger partial charge in [0.1, 0.15) is 0 Å². The van der Waals surface area contributed by atoms with Crippen molar-refractivity contribution in [2.24, 2.45) is 0 Å². The lowest BCUT2D eigenvalue weighted by Gasteiger charge is -2.05. The Kier molecular flexibility index (Phi) is 3.37. The summed E-state index contributed by atoms with van der Waals surface area (Å²) in [7, 11) is 1.94. The number of hydrogen-bond acceptors (Lipinski definition) is 2. The van der Waals surface area contributed by atoms with E-state index in [0.717, 1.165) is 13.1 Å². The summed E-state index contributed by atoms with van der Waals surface area (Å²) in [4.78, 5) is 0. The third kappa shape index (κ3) is 2.49. The van der Waals surface area contributed by atoms with Crippen LogP contribution in [0.1, 0.15) is 16.7 Å². The monoisotopic (exact) mass is 215 g/mol. The van der Waals surface area contributed by atoms with Crippen LogP contribution < -0.4 is 5.32 Å². The molecule has 0 unspecified atom stereocenters. The molecule has 0 saturated heterocycles. The van der Waals surface area contributed by atoms with Gasteiger partial charge in [0.15, 0.2) is 0 Å². The molecule has 16 heavy (non-hydrogen) atoms. The van der Waals surface area contributed by atoms with Crippen LogP contribution in [0.5, 0.6) is 0 Å². The van der Waals surface area contributed by atoms with E-state index in [4.69, 9.17) is 0 Å². The first kappa shape index (κ1) is 10.9. The summed E-state index contributed by atoms with van der Waals surface area (Å²) in [5, 5.41) is 7.47. The zero-order valence-corrected chi connectivity index (χ0v) is 9.77. The predicted octanol–water partition coefficient (Wildman–Crippen LogP) is 1.96. The van der Waals surface area contributed by atoms with Crippen molar-refractivity contribution < 1.29 is 0 Å². The first-order valence-corrected chi connectivity index (χ1v) is 5.50. The molecule has 0 aliphatic rings. The van der Waals surface area contributed by atoms with Crippen LogP contribution in [0.3, 0.4) is 0 Å². The van der Waals surface area contributed by atoms with Gasteiger partial charge in [-0.05, 0) is 25.1 Å². The summed E-state index contributed by atoms with van der Waals surface area (Å²) in [6, 6.07) is 8.41. The molecule has 0 aliphatic heterocycles. The molecule has 0 amide bonds. The summed E-state index contributed by atoms with van der Waals surface area (Å²) in [5.41, 5.74) is 3.85. The molecule has 0 atom stereocenters. The van der Waals surface area contributed by atoms with Crippen molar-refractivity contribution in [1.82, 2.24) is 15.1 Å². The van der Waals surface area contributed by atoms with Crippen LogP contribution in [-0.4, -0.2) is 16.8 Å². The van der Waals surface area contributed by atoms with Crippen LogP contribution in [-0.2, 0) is 13.1 Å². The number of nitrogens with one attached hydrogen (secondary N) is 1. The maximum atomic E-state index is 4.35. The maximum absolute atomic E-state index is 4.35. The molecule has 3 nitrogen and oxygen atoms in total. The Morgan fingerprint density at radius 1 is 1.31 bits per heavy atom. The van der Waals surface area contributed by atoms with Crippen molar-refractivity contribution >= 4 is 0 Å². The molecular weight excluding hydrogens is 198 g/mol. The van der Waals surface area contributed by atoms with Gasteiger partial charge in [0.05, 0.1) is 12.7 Å². The van der Waals surface area contributed by atoms with Gasteiger partial charge in [-0.2, -0.15) is 5.10 Å². The number of rotatable bonds is 4. The van der Waals surface area contributed by atoms with Gasteiger partial charge in [0.25, 0.3) is 0 Å². The molecule has 0 aliphatic carbocycles. The largest absolute Gasteiger partial charge is 0.316 e. The Morgan fingerprint density at radius 2 is 2.12 bits per heavy atom. The van der Waals surface area contributed by atoms with Gasteiger partial charge in [-0.1, -0.05) is 24.3 Å². The molecular formula is C13H17N3. The predicted molar refractivity (Wildman–Crippen MR) is 65.3 cm³/mol. The highest BCUT2D eigenvalue weighted by molar-refractivity contribution is 5.25. The minimum atomic E-state index is 0.844. The second kappa shape index (κ2) is 4.94. The van der Waals surface area contributed by atoms with Gasteiger partial charge in [-0.25, -0.2) is 0 Å². The second-order valence-corrected chi connectivity index (χ2v) is 4.00. The second-order valence-electron chi connectivity index (χ2n) is 4.00. The average Bonchev–Trinajstić information content (AvgIpc) is 2.70. The highest BCUT2D eigenvalue weighted by atomic mass is 15.3. The lowest BCUT2D eigenvalue weighted by molar-refractivity contribution is 0.682. The molecule has 0 fully saturated rings. The third-order valence-corrected chi connectivity index (χ3v) is 2.66. The van der Waals surface area contributed by atoms with Crippen LogP contribution >= 0.6 is 0 Å². The molecule has 84 valence electrons. The molecule has 1 N–H and O–H groups in total. The minimum Gasteiger partial charge on any atom is -0.316 e. The molecule has 0 spiro atoms. The first-order valence-electron chi connectivity index (χ1n) is 5.50. The van der Waals surface area contributed by atoms with Crippen molar-refractivity contribution in [3.63, 3.8) is 0 Å². The SMILES string of the molecule is CNCc1cnn(Cc2ccccc2C)c1. The Balaban J connectivity index is 2.11. The van der Waals surface area contributed by atoms with E-state index in [1.807, 2.05) is 17.9 Å². The van der Waals surface area contributed by atoms with E-state index in [9.17, 15) is 0 Å². The fourth-order valence-corrected chi connectivity index (χ4v) is 1.75. The lowest BCUT2D eigenvalue weighted by atomic mass is 10.1. The number of nitrogens with zero attached hydrogens (tertiary/aromatic N) is 2. The third-order valence-electron chi connectivity index (χ3n) is 2.66. The molecule has 2 aromatic rings. The van der Waals surface area contributed by atoms with Crippen LogP contribution in [0.15, 0.2) is 36.7 Å². The van der Waals surface area contributed by atoms with Gasteiger partial charge >= 0.3 is 0 Å². The lowest BCUT2D eigenvalue weighted by Crippen LogP contribution is -2.04. The van der Waals surface area contributed by atoms with Gasteiger partial charge < -0.3 is 5.32 Å². The molecule has 1 heterocycles. The number of benzene rings is 1. The molecule has 0 saturated carbocycles. The quantitative estimate of drug-likeness (QED) is 0.845. The standard InChI is InChI=1S/C13H17N3/c1-11-5-3-4-6-13(11)10-16-9-12(7-14-2)8-15-16/h3-6,8-9,14H,7,10H2,1-2H3. The number of aryl methyl sites for hydroxylation is 1. The van der Waals surface area contributed by atoms with E-state index < -0.39 is 0 Å². The highest BCUT2D eigenvalue weighted by Crippen LogP contribution is 2.09. The highest BCUT2D eigenvalue weighted by Gasteiger charge is 2.00. The van der Waals surface area contributed by atoms with E-state index in [1.54, 1.807) is 0 Å². The minimum absolute atomic E-state index is 0.844. The van der Waals surface area contributed by atoms with E-state index in [-0.39, 0.29) is 0 Å². The summed E-state index contributed by atoms with van der Waals surface area (Å²) >= 11 is 0. The van der Waals surface area contributed by atoms with Crippen LogP contribution in [0.4, 0.5) is 0 Å². The Hall–Kier alpha value is -1.61. The van der Waals surface area contributed by atoms with Crippen LogP contribution in [0.2, 0.25) is 0 Å². The molecule has 0 bridgehead atoms. The van der Waals surface area contributed by atoms with E-state index >= 15 is 0 Å². The summed E-state index contributed by atoms with van der Waals surface area (Å²) in [5.74, 6) is 0. The Labute approximate surface area is 96.1 Å². The van der Waals surface area contributed by atoms with Gasteiger partial charge in [0.2, 0.25) is 0 Å². The Morgan fingerprint density at radius 3 is 2.88 bits per heavy atom. The normalized spacial score (nSPS) is 10.6. The van der Waals surface area contributed by atoms with Crippen LogP contribution in [0, 0.1) is 6.92 Å². The Bertz CT molecular complexity index is 460. The maximum Gasteiger partial charge on any atom is 0.0662 e. The molecule has 0 radical (unpaired) electrons. The van der Waals surface area contributed by atoms with E-state index in [1.165, 1.54) is 16.7 Å². The van der Waals surface area contributed by atoms with Crippen molar-refractivity contribution in [2.75, 3.05) is 7.05 Å². The van der Waals surface area contributed by atoms with Crippen LogP contribution in [0.25, 0.3) is 0 Å². The number of aromatic nitrogens is 2. The topological polar surface area (TPSA) is 29.9 Å². The molecule has 1 aromatic heterocycles. The van der Waals surface area contributed by atoms with Crippen molar-refractivity contribution in [3.8, 4) is 0 Å². The van der Waals surface area contributed by atoms with Gasteiger partial charge in [0, 0.05) is 18.3 Å². The summed E-state index contributed by atoms with van der Waals surface area (Å²) < 4.78 is 1.98. The molecule has 2 rings (SSSR count). The first-order chi connectivity index (χ1) is 7.79. The van der Waals surface area contributed by atoms with Gasteiger partial charge in [-0.3, -0.25) is 4.68 Å². The summed E-state index contributed by atoms with van der Waals surface area (Å²) in [6.07, 6.45) is 4.00. The molecule has 1 aromatic carbocycles. The fourth-order valence-electron chi connectivity index (χ4n) is 1.75. The smallest absolute Gasteiger partial charge is 0.0662 e. The molecule has 3 heteroatoms. The van der Waals surface area contributed by atoms with Crippen molar-refractivity contribution in [2.45, 2.75) is 20.0 Å². The van der Waals surface area contributed by atoms with Gasteiger partial charge in [-0.15, -0.1) is 0 Å². The fraction of sp³-hybridized carbons (Fsp3) is 0.308. The zero-order chi connectivity index (χ0) is 11.4. The van der Waals surface area contributed by atoms with E-state index in [0.29, 0.717) is 0 Å². The summed E-state index contributed by atoms with van der Waals surface area (Å²) in [6.45, 7) is 3.84. The zero-order valence-electron chi connectivity index (χ0n) is 9.77. The van der Waals surface area contributed by atoms with Crippen molar-refractivity contribution in [3.05, 3.63) is 53.3 Å². The average molecular weight is 215 g/mol. The van der Waals surface area contributed by atoms with E-state index in [2.05, 4.69) is 47.8 Å². The van der Waals surface area contributed by atoms with Crippen molar-refractivity contribution in [1.29, 1.82) is 0 Å².